The Morgan fingerprint density at radius 3 is 2.53 bits per heavy atom. The molecule has 104 valence electrons. The van der Waals surface area contributed by atoms with Gasteiger partial charge in [0, 0.05) is 5.39 Å². The molecule has 2 aromatic rings. The third-order valence-corrected chi connectivity index (χ3v) is 3.41. The number of esters is 1. The third-order valence-electron chi connectivity index (χ3n) is 2.60. The minimum Gasteiger partial charge on any atom is -0.461 e. The topological polar surface area (TPSA) is 42.1 Å². The molecule has 1 aromatic carbocycles. The Balaban J connectivity index is 0.000000861. The smallest absolute Gasteiger partial charge is 0.355 e. The van der Waals surface area contributed by atoms with Crippen LogP contribution in [0.25, 0.3) is 10.9 Å². The number of hydrogen-bond donors (Lipinski definition) is 1. The number of H-pyrrole nitrogens is 1. The van der Waals surface area contributed by atoms with E-state index in [1.165, 1.54) is 0 Å². The van der Waals surface area contributed by atoms with Crippen LogP contribution in [-0.2, 0) is 4.74 Å². The highest BCUT2D eigenvalue weighted by Gasteiger charge is 2.17. The van der Waals surface area contributed by atoms with E-state index in [4.69, 9.17) is 27.9 Å². The summed E-state index contributed by atoms with van der Waals surface area (Å²) in [6.45, 7) is 7.94. The molecule has 0 aliphatic rings. The van der Waals surface area contributed by atoms with E-state index in [1.807, 2.05) is 26.8 Å². The molecule has 0 aliphatic carbocycles. The summed E-state index contributed by atoms with van der Waals surface area (Å²) in [5.41, 5.74) is 1.91. The van der Waals surface area contributed by atoms with Crippen LogP contribution in [0.4, 0.5) is 0 Å². The van der Waals surface area contributed by atoms with Gasteiger partial charge in [-0.05, 0) is 25.5 Å². The van der Waals surface area contributed by atoms with E-state index in [-0.39, 0.29) is 5.97 Å². The van der Waals surface area contributed by atoms with Gasteiger partial charge in [-0.1, -0.05) is 43.1 Å². The summed E-state index contributed by atoms with van der Waals surface area (Å²) in [6, 6.07) is 3.54. The zero-order chi connectivity index (χ0) is 14.6. The molecule has 0 radical (unpaired) electrons. The van der Waals surface area contributed by atoms with Crippen molar-refractivity contribution in [2.75, 3.05) is 6.61 Å². The first-order valence-corrected chi connectivity index (χ1v) is 6.95. The first kappa shape index (κ1) is 15.9. The van der Waals surface area contributed by atoms with E-state index in [0.29, 0.717) is 27.9 Å². The van der Waals surface area contributed by atoms with Crippen LogP contribution in [0.2, 0.25) is 10.0 Å². The van der Waals surface area contributed by atoms with Gasteiger partial charge in [0.25, 0.3) is 0 Å². The van der Waals surface area contributed by atoms with Crippen LogP contribution in [0.5, 0.6) is 0 Å². The highest BCUT2D eigenvalue weighted by Crippen LogP contribution is 2.33. The molecule has 0 unspecified atom stereocenters. The fourth-order valence-electron chi connectivity index (χ4n) is 1.75. The van der Waals surface area contributed by atoms with Crippen LogP contribution in [0.3, 0.4) is 0 Å². The highest BCUT2D eigenvalue weighted by atomic mass is 35.5. The maximum Gasteiger partial charge on any atom is 0.355 e. The summed E-state index contributed by atoms with van der Waals surface area (Å²) >= 11 is 12.0. The molecule has 5 heteroatoms. The Kier molecular flexibility index (Phi) is 5.70. The van der Waals surface area contributed by atoms with Gasteiger partial charge in [-0.3, -0.25) is 0 Å². The van der Waals surface area contributed by atoms with Gasteiger partial charge in [-0.15, -0.1) is 0 Å². The number of carbonyl (C=O) groups is 1. The van der Waals surface area contributed by atoms with Crippen LogP contribution in [0.1, 0.15) is 36.8 Å². The van der Waals surface area contributed by atoms with Gasteiger partial charge in [0.1, 0.15) is 5.69 Å². The minimum atomic E-state index is -0.381. The monoisotopic (exact) mass is 301 g/mol. The third kappa shape index (κ3) is 3.04. The van der Waals surface area contributed by atoms with Gasteiger partial charge in [0.2, 0.25) is 0 Å². The number of ether oxygens (including phenoxy) is 1. The number of carbonyl (C=O) groups excluding carboxylic acids is 1. The van der Waals surface area contributed by atoms with Gasteiger partial charge < -0.3 is 9.72 Å². The molecule has 1 aromatic heterocycles. The van der Waals surface area contributed by atoms with Crippen molar-refractivity contribution in [3.05, 3.63) is 33.4 Å². The average molecular weight is 302 g/mol. The van der Waals surface area contributed by atoms with Crippen molar-refractivity contribution in [1.29, 1.82) is 0 Å². The van der Waals surface area contributed by atoms with Crippen LogP contribution in [0.15, 0.2) is 12.1 Å². The van der Waals surface area contributed by atoms with E-state index < -0.39 is 0 Å². The lowest BCUT2D eigenvalue weighted by molar-refractivity contribution is 0.0520. The van der Waals surface area contributed by atoms with Crippen molar-refractivity contribution in [3.63, 3.8) is 0 Å². The van der Waals surface area contributed by atoms with Crippen molar-refractivity contribution >= 4 is 40.1 Å². The van der Waals surface area contributed by atoms with Crippen molar-refractivity contribution in [2.45, 2.75) is 27.7 Å². The Morgan fingerprint density at radius 1 is 1.32 bits per heavy atom. The first-order valence-electron chi connectivity index (χ1n) is 6.19. The lowest BCUT2D eigenvalue weighted by Crippen LogP contribution is -2.06. The number of aromatic nitrogens is 1. The van der Waals surface area contributed by atoms with Crippen molar-refractivity contribution in [2.24, 2.45) is 0 Å². The second kappa shape index (κ2) is 6.83. The molecule has 0 saturated heterocycles. The number of fused-ring (bicyclic) bond motifs is 1. The zero-order valence-corrected chi connectivity index (χ0v) is 12.9. The van der Waals surface area contributed by atoms with Crippen LogP contribution in [-0.4, -0.2) is 17.6 Å². The lowest BCUT2D eigenvalue weighted by Gasteiger charge is -1.99. The summed E-state index contributed by atoms with van der Waals surface area (Å²) in [7, 11) is 0. The Bertz CT molecular complexity index is 591. The molecule has 0 atom stereocenters. The van der Waals surface area contributed by atoms with Crippen LogP contribution < -0.4 is 0 Å². The molecular weight excluding hydrogens is 285 g/mol. The second-order valence-electron chi connectivity index (χ2n) is 3.63. The molecule has 1 heterocycles. The minimum absolute atomic E-state index is 0.335. The summed E-state index contributed by atoms with van der Waals surface area (Å²) < 4.78 is 4.96. The van der Waals surface area contributed by atoms with Gasteiger partial charge in [0.05, 0.1) is 22.2 Å². The van der Waals surface area contributed by atoms with Crippen molar-refractivity contribution < 1.29 is 9.53 Å². The van der Waals surface area contributed by atoms with E-state index >= 15 is 0 Å². The number of aromatic amines is 1. The predicted octanol–water partition coefficient (Wildman–Crippen LogP) is 4.99. The second-order valence-corrected chi connectivity index (χ2v) is 4.41. The largest absolute Gasteiger partial charge is 0.461 e. The molecule has 0 amide bonds. The Hall–Kier alpha value is -1.19. The fraction of sp³-hybridized carbons (Fsp3) is 0.357. The molecule has 1 N–H and O–H groups in total. The molecule has 0 saturated carbocycles. The summed E-state index contributed by atoms with van der Waals surface area (Å²) in [5.74, 6) is -0.381. The van der Waals surface area contributed by atoms with Gasteiger partial charge >= 0.3 is 5.97 Å². The number of halogens is 2. The van der Waals surface area contributed by atoms with Crippen LogP contribution >= 0.6 is 23.2 Å². The number of rotatable bonds is 2. The molecule has 0 bridgehead atoms. The number of nitrogens with one attached hydrogen (secondary N) is 1. The Morgan fingerprint density at radius 2 is 1.95 bits per heavy atom. The summed E-state index contributed by atoms with van der Waals surface area (Å²) in [4.78, 5) is 14.7. The molecule has 0 aliphatic heterocycles. The summed E-state index contributed by atoms with van der Waals surface area (Å²) in [6.07, 6.45) is 0. The fourth-order valence-corrected chi connectivity index (χ4v) is 2.12. The summed E-state index contributed by atoms with van der Waals surface area (Å²) in [5, 5.41) is 1.75. The maximum absolute atomic E-state index is 11.7. The quantitative estimate of drug-likeness (QED) is 0.794. The van der Waals surface area contributed by atoms with E-state index in [0.717, 1.165) is 10.9 Å². The molecule has 0 fully saturated rings. The standard InChI is InChI=1S/C12H11Cl2NO2.C2H6/c1-3-17-12(16)10-6(2)7-4-5-8(13)9(14)11(7)15-10;1-2/h4-5,15H,3H2,1-2H3;1-2H3. The molecule has 19 heavy (non-hydrogen) atoms. The molecule has 3 nitrogen and oxygen atoms in total. The Labute approximate surface area is 122 Å². The van der Waals surface area contributed by atoms with Gasteiger partial charge in [-0.25, -0.2) is 4.79 Å². The average Bonchev–Trinajstić information content (AvgIpc) is 2.75. The van der Waals surface area contributed by atoms with E-state index in [1.54, 1.807) is 13.0 Å². The van der Waals surface area contributed by atoms with Gasteiger partial charge in [-0.2, -0.15) is 0 Å². The zero-order valence-electron chi connectivity index (χ0n) is 11.4. The normalized spacial score (nSPS) is 10.0. The maximum atomic E-state index is 11.7. The number of aryl methyl sites for hydroxylation is 1. The van der Waals surface area contributed by atoms with Crippen LogP contribution in [0, 0.1) is 6.92 Å². The highest BCUT2D eigenvalue weighted by molar-refractivity contribution is 6.45. The van der Waals surface area contributed by atoms with E-state index in [2.05, 4.69) is 4.98 Å². The predicted molar refractivity (Wildman–Crippen MR) is 80.4 cm³/mol. The van der Waals surface area contributed by atoms with E-state index in [9.17, 15) is 4.79 Å². The molecule has 0 spiro atoms. The lowest BCUT2D eigenvalue weighted by atomic mass is 10.1. The van der Waals surface area contributed by atoms with Crippen molar-refractivity contribution in [1.82, 2.24) is 4.98 Å². The van der Waals surface area contributed by atoms with Gasteiger partial charge in [0.15, 0.2) is 0 Å². The van der Waals surface area contributed by atoms with Crippen molar-refractivity contribution in [3.8, 4) is 0 Å². The molecule has 2 rings (SSSR count). The molecular formula is C14H17Cl2NO2. The first-order chi connectivity index (χ1) is 9.06. The SMILES string of the molecule is CC.CCOC(=O)c1[nH]c2c(Cl)c(Cl)ccc2c1C. The number of hydrogen-bond acceptors (Lipinski definition) is 2. The number of benzene rings is 1.